The Kier molecular flexibility index (Phi) is 4.59. The average molecular weight is 377 g/mol. The van der Waals surface area contributed by atoms with Crippen molar-refractivity contribution in [1.29, 1.82) is 0 Å². The van der Waals surface area contributed by atoms with E-state index in [1.54, 1.807) is 0 Å². The smallest absolute Gasteiger partial charge is 0.256 e. The molecule has 28 heavy (non-hydrogen) atoms. The Morgan fingerprint density at radius 1 is 1.14 bits per heavy atom. The molecular formula is C24H28N2O2. The maximum atomic E-state index is 12.6. The van der Waals surface area contributed by atoms with Gasteiger partial charge in [0.05, 0.1) is 5.57 Å². The number of carbonyl (C=O) groups is 1. The molecule has 0 atom stereocenters. The van der Waals surface area contributed by atoms with Crippen molar-refractivity contribution in [1.82, 2.24) is 4.90 Å². The fourth-order valence-electron chi connectivity index (χ4n) is 4.84. The van der Waals surface area contributed by atoms with Crippen molar-refractivity contribution in [3.05, 3.63) is 52.0 Å². The summed E-state index contributed by atoms with van der Waals surface area (Å²) in [5, 5.41) is 3.01. The van der Waals surface area contributed by atoms with E-state index in [0.717, 1.165) is 54.2 Å². The van der Waals surface area contributed by atoms with Crippen LogP contribution in [-0.2, 0) is 24.1 Å². The molecule has 0 bridgehead atoms. The largest absolute Gasteiger partial charge is 0.461 e. The first-order valence-electron chi connectivity index (χ1n) is 10.7. The Morgan fingerprint density at radius 2 is 1.96 bits per heavy atom. The maximum Gasteiger partial charge on any atom is 0.256 e. The molecule has 3 heterocycles. The van der Waals surface area contributed by atoms with Crippen molar-refractivity contribution < 1.29 is 9.21 Å². The Bertz CT molecular complexity index is 948. The van der Waals surface area contributed by atoms with Gasteiger partial charge >= 0.3 is 0 Å². The molecule has 3 aliphatic rings. The third-order valence-electron chi connectivity index (χ3n) is 6.53. The molecule has 0 saturated carbocycles. The van der Waals surface area contributed by atoms with Gasteiger partial charge in [0.25, 0.3) is 5.91 Å². The van der Waals surface area contributed by atoms with E-state index in [9.17, 15) is 4.79 Å². The van der Waals surface area contributed by atoms with Crippen LogP contribution in [0.5, 0.6) is 0 Å². The zero-order valence-corrected chi connectivity index (χ0v) is 16.6. The molecule has 4 heteroatoms. The highest BCUT2D eigenvalue weighted by atomic mass is 16.3. The molecule has 0 radical (unpaired) electrons. The lowest BCUT2D eigenvalue weighted by atomic mass is 9.95. The van der Waals surface area contributed by atoms with Crippen LogP contribution in [0.25, 0.3) is 11.6 Å². The van der Waals surface area contributed by atoms with Gasteiger partial charge in [-0.05, 0) is 93.4 Å². The molecule has 1 N–H and O–H groups in total. The quantitative estimate of drug-likeness (QED) is 0.794. The highest BCUT2D eigenvalue weighted by molar-refractivity contribution is 6.34. The lowest BCUT2D eigenvalue weighted by Crippen LogP contribution is -2.21. The van der Waals surface area contributed by atoms with Gasteiger partial charge in [-0.15, -0.1) is 0 Å². The molecule has 2 aromatic rings. The Morgan fingerprint density at radius 3 is 2.79 bits per heavy atom. The van der Waals surface area contributed by atoms with Crippen molar-refractivity contribution in [2.75, 3.05) is 25.0 Å². The Hall–Kier alpha value is -2.33. The summed E-state index contributed by atoms with van der Waals surface area (Å²) in [6.45, 7) is 5.67. The zero-order valence-electron chi connectivity index (χ0n) is 16.6. The predicted molar refractivity (Wildman–Crippen MR) is 112 cm³/mol. The summed E-state index contributed by atoms with van der Waals surface area (Å²) in [7, 11) is 0. The molecule has 1 fully saturated rings. The fourth-order valence-corrected chi connectivity index (χ4v) is 4.84. The van der Waals surface area contributed by atoms with Crippen LogP contribution in [-0.4, -0.2) is 30.4 Å². The van der Waals surface area contributed by atoms with E-state index in [-0.39, 0.29) is 5.91 Å². The molecule has 0 spiro atoms. The van der Waals surface area contributed by atoms with Crippen LogP contribution in [0.2, 0.25) is 0 Å². The summed E-state index contributed by atoms with van der Waals surface area (Å²) in [6, 6.07) is 6.38. The molecule has 146 valence electrons. The highest BCUT2D eigenvalue weighted by Crippen LogP contribution is 2.36. The minimum absolute atomic E-state index is 0.0273. The number of nitrogens with one attached hydrogen (secondary N) is 1. The minimum atomic E-state index is -0.0273. The fraction of sp³-hybridized carbons (Fsp3) is 0.458. The first-order valence-corrected chi connectivity index (χ1v) is 10.7. The number of hydrogen-bond acceptors (Lipinski definition) is 3. The number of likely N-dealkylation sites (tertiary alicyclic amines) is 1. The standard InChI is InChI=1S/C24H28N2O2/c1-16-18-6-2-3-7-22(18)28-23(16)15-20-19-14-17(8-9-21(19)25-24(20)27)10-13-26-11-4-5-12-26/h8-9,14-15H,2-7,10-13H2,1H3,(H,25,27). The van der Waals surface area contributed by atoms with Gasteiger partial charge in [-0.25, -0.2) is 0 Å². The van der Waals surface area contributed by atoms with Gasteiger partial charge in [-0.3, -0.25) is 4.79 Å². The van der Waals surface area contributed by atoms with Gasteiger partial charge in [0.1, 0.15) is 11.5 Å². The number of carbonyl (C=O) groups excluding carboxylic acids is 1. The van der Waals surface area contributed by atoms with E-state index in [1.807, 2.05) is 12.1 Å². The number of benzene rings is 1. The normalized spacial score (nSPS) is 20.5. The molecule has 0 unspecified atom stereocenters. The second kappa shape index (κ2) is 7.25. The topological polar surface area (TPSA) is 45.5 Å². The second-order valence-electron chi connectivity index (χ2n) is 8.39. The van der Waals surface area contributed by atoms with E-state index in [4.69, 9.17) is 4.42 Å². The van der Waals surface area contributed by atoms with Crippen LogP contribution in [0.4, 0.5) is 5.69 Å². The van der Waals surface area contributed by atoms with Crippen molar-refractivity contribution in [2.24, 2.45) is 0 Å². The number of rotatable bonds is 4. The van der Waals surface area contributed by atoms with Gasteiger partial charge < -0.3 is 14.6 Å². The summed E-state index contributed by atoms with van der Waals surface area (Å²) < 4.78 is 6.14. The van der Waals surface area contributed by atoms with E-state index >= 15 is 0 Å². The number of anilines is 1. The molecule has 1 aliphatic carbocycles. The van der Waals surface area contributed by atoms with Gasteiger partial charge in [0.15, 0.2) is 0 Å². The van der Waals surface area contributed by atoms with E-state index in [0.29, 0.717) is 0 Å². The summed E-state index contributed by atoms with van der Waals surface area (Å²) in [5.74, 6) is 1.95. The summed E-state index contributed by atoms with van der Waals surface area (Å²) >= 11 is 0. The van der Waals surface area contributed by atoms with Gasteiger partial charge in [-0.1, -0.05) is 6.07 Å². The third kappa shape index (κ3) is 3.20. The van der Waals surface area contributed by atoms with Crippen LogP contribution < -0.4 is 5.32 Å². The number of nitrogens with zero attached hydrogens (tertiary/aromatic N) is 1. The van der Waals surface area contributed by atoms with Crippen molar-refractivity contribution in [3.8, 4) is 0 Å². The predicted octanol–water partition coefficient (Wildman–Crippen LogP) is 4.60. The summed E-state index contributed by atoms with van der Waals surface area (Å²) in [6.07, 6.45) is 10.2. The number of fused-ring (bicyclic) bond motifs is 2. The highest BCUT2D eigenvalue weighted by Gasteiger charge is 2.26. The summed E-state index contributed by atoms with van der Waals surface area (Å²) in [5.41, 5.74) is 6.51. The van der Waals surface area contributed by atoms with Crippen molar-refractivity contribution in [3.63, 3.8) is 0 Å². The van der Waals surface area contributed by atoms with Crippen LogP contribution in [0, 0.1) is 6.92 Å². The third-order valence-corrected chi connectivity index (χ3v) is 6.53. The first-order chi connectivity index (χ1) is 13.7. The van der Waals surface area contributed by atoms with Crippen LogP contribution in [0.15, 0.2) is 22.6 Å². The molecule has 4 nitrogen and oxygen atoms in total. The molecule has 1 aromatic carbocycles. The summed E-state index contributed by atoms with van der Waals surface area (Å²) in [4.78, 5) is 15.2. The van der Waals surface area contributed by atoms with E-state index in [1.165, 1.54) is 55.5 Å². The number of hydrogen-bond donors (Lipinski definition) is 1. The number of furan rings is 1. The zero-order chi connectivity index (χ0) is 19.1. The molecule has 1 saturated heterocycles. The molecule has 1 aromatic heterocycles. The molecule has 5 rings (SSSR count). The molecular weight excluding hydrogens is 348 g/mol. The Balaban J connectivity index is 1.44. The number of aryl methyl sites for hydroxylation is 1. The van der Waals surface area contributed by atoms with Gasteiger partial charge in [-0.2, -0.15) is 0 Å². The lowest BCUT2D eigenvalue weighted by Gasteiger charge is -2.14. The van der Waals surface area contributed by atoms with Crippen LogP contribution in [0.1, 0.15) is 59.5 Å². The van der Waals surface area contributed by atoms with Crippen molar-refractivity contribution >= 4 is 23.2 Å². The van der Waals surface area contributed by atoms with E-state index in [2.05, 4.69) is 29.3 Å². The van der Waals surface area contributed by atoms with Crippen LogP contribution >= 0.6 is 0 Å². The lowest BCUT2D eigenvalue weighted by molar-refractivity contribution is -0.110. The molecule has 2 aliphatic heterocycles. The van der Waals surface area contributed by atoms with Crippen LogP contribution in [0.3, 0.4) is 0 Å². The number of amides is 1. The Labute approximate surface area is 166 Å². The first kappa shape index (κ1) is 17.7. The monoisotopic (exact) mass is 376 g/mol. The second-order valence-corrected chi connectivity index (χ2v) is 8.39. The SMILES string of the molecule is Cc1c(C=C2C(=O)Nc3ccc(CCN4CCCC4)cc32)oc2c1CCCC2. The maximum absolute atomic E-state index is 12.6. The van der Waals surface area contributed by atoms with E-state index < -0.39 is 0 Å². The van der Waals surface area contributed by atoms with Gasteiger partial charge in [0.2, 0.25) is 0 Å². The van der Waals surface area contributed by atoms with Gasteiger partial charge in [0, 0.05) is 24.2 Å². The van der Waals surface area contributed by atoms with Crippen molar-refractivity contribution in [2.45, 2.75) is 51.9 Å². The average Bonchev–Trinajstić information content (AvgIpc) is 3.41. The molecule has 1 amide bonds. The minimum Gasteiger partial charge on any atom is -0.461 e.